The molecule has 446 valence electrons. The van der Waals surface area contributed by atoms with Crippen molar-refractivity contribution in [3.63, 3.8) is 0 Å². The maximum absolute atomic E-state index is 13.2. The van der Waals surface area contributed by atoms with Crippen LogP contribution in [-0.2, 0) is 42.9 Å². The molecule has 3 N–H and O–H groups in total. The Bertz CT molecular complexity index is 1520. The number of carbonyl (C=O) groups is 4. The Morgan fingerprint density at radius 1 is 0.429 bits per heavy atom. The van der Waals surface area contributed by atoms with Crippen molar-refractivity contribution < 1.29 is 58.2 Å². The molecule has 0 saturated carbocycles. The van der Waals surface area contributed by atoms with Gasteiger partial charge in [0.15, 0.2) is 24.6 Å². The number of hydrogen-bond donors (Lipinski definition) is 3. The van der Waals surface area contributed by atoms with Gasteiger partial charge in [-0.25, -0.2) is 4.79 Å². The molecule has 77 heavy (non-hydrogen) atoms. The molecule has 1 aliphatic rings. The van der Waals surface area contributed by atoms with Gasteiger partial charge in [0.25, 0.3) is 0 Å². The lowest BCUT2D eigenvalue weighted by atomic mass is 9.98. The molecular weight excluding hydrogens is 973 g/mol. The summed E-state index contributed by atoms with van der Waals surface area (Å²) in [4.78, 5) is 51.2. The van der Waals surface area contributed by atoms with E-state index in [9.17, 15) is 34.5 Å². The zero-order chi connectivity index (χ0) is 56.1. The SMILES string of the molecule is CCCCC/C=C\C/C=C\CCCCCCCC(=O)OC(COC(=O)CCCCCCCCCCC/C=C\CCCCCCCC)COC1OC(C(=O)O)C(O)C(O)C1OC(=O)CCCCCCC/C=C\CCCCCC. The zero-order valence-corrected chi connectivity index (χ0v) is 49.2. The highest BCUT2D eigenvalue weighted by Gasteiger charge is 2.50. The van der Waals surface area contributed by atoms with Gasteiger partial charge in [-0.3, -0.25) is 14.4 Å². The van der Waals surface area contributed by atoms with E-state index in [0.717, 1.165) is 103 Å². The van der Waals surface area contributed by atoms with Gasteiger partial charge in [-0.2, -0.15) is 0 Å². The van der Waals surface area contributed by atoms with Crippen LogP contribution in [0.15, 0.2) is 48.6 Å². The molecule has 0 radical (unpaired) electrons. The molecule has 1 saturated heterocycles. The third kappa shape index (κ3) is 43.2. The minimum atomic E-state index is -1.91. The van der Waals surface area contributed by atoms with E-state index in [1.165, 1.54) is 128 Å². The fourth-order valence-corrected chi connectivity index (χ4v) is 9.45. The minimum absolute atomic E-state index is 0.0497. The number of ether oxygens (including phenoxy) is 5. The predicted molar refractivity (Wildman–Crippen MR) is 312 cm³/mol. The molecule has 0 amide bonds. The Kier molecular flexibility index (Phi) is 49.7. The van der Waals surface area contributed by atoms with Crippen molar-refractivity contribution in [1.82, 2.24) is 0 Å². The molecule has 0 aromatic rings. The summed E-state index contributed by atoms with van der Waals surface area (Å²) in [6, 6.07) is 0. The van der Waals surface area contributed by atoms with E-state index in [0.29, 0.717) is 19.3 Å². The van der Waals surface area contributed by atoms with Crippen LogP contribution in [0.5, 0.6) is 0 Å². The van der Waals surface area contributed by atoms with Crippen LogP contribution in [0, 0.1) is 0 Å². The zero-order valence-electron chi connectivity index (χ0n) is 49.2. The lowest BCUT2D eigenvalue weighted by molar-refractivity contribution is -0.301. The van der Waals surface area contributed by atoms with Crippen LogP contribution in [0.25, 0.3) is 0 Å². The Balaban J connectivity index is 2.66. The number of aliphatic hydroxyl groups excluding tert-OH is 2. The summed E-state index contributed by atoms with van der Waals surface area (Å²) in [6.07, 6.45) is 52.2. The second-order valence-corrected chi connectivity index (χ2v) is 21.7. The van der Waals surface area contributed by atoms with E-state index in [1.54, 1.807) is 0 Å². The molecule has 1 fully saturated rings. The number of carboxylic acid groups (broad SMARTS) is 1. The molecule has 12 heteroatoms. The average molecular weight is 1090 g/mol. The fourth-order valence-electron chi connectivity index (χ4n) is 9.45. The van der Waals surface area contributed by atoms with Crippen LogP contribution in [0.3, 0.4) is 0 Å². The summed E-state index contributed by atoms with van der Waals surface area (Å²) in [6.45, 7) is 5.95. The molecule has 1 heterocycles. The molecule has 0 aromatic heterocycles. The number of aliphatic hydroxyl groups is 2. The van der Waals surface area contributed by atoms with E-state index in [1.807, 2.05) is 0 Å². The predicted octanol–water partition coefficient (Wildman–Crippen LogP) is 16.6. The Hall–Kier alpha value is -3.32. The molecule has 6 unspecified atom stereocenters. The van der Waals surface area contributed by atoms with Crippen molar-refractivity contribution in [2.24, 2.45) is 0 Å². The Morgan fingerprint density at radius 2 is 0.779 bits per heavy atom. The van der Waals surface area contributed by atoms with E-state index < -0.39 is 67.3 Å². The minimum Gasteiger partial charge on any atom is -0.479 e. The molecule has 6 atom stereocenters. The highest BCUT2D eigenvalue weighted by molar-refractivity contribution is 5.74. The highest BCUT2D eigenvalue weighted by Crippen LogP contribution is 2.26. The van der Waals surface area contributed by atoms with E-state index in [2.05, 4.69) is 69.4 Å². The lowest BCUT2D eigenvalue weighted by Crippen LogP contribution is -2.61. The van der Waals surface area contributed by atoms with Gasteiger partial charge >= 0.3 is 23.9 Å². The summed E-state index contributed by atoms with van der Waals surface area (Å²) < 4.78 is 28.5. The van der Waals surface area contributed by atoms with Crippen molar-refractivity contribution in [1.29, 1.82) is 0 Å². The summed E-state index contributed by atoms with van der Waals surface area (Å²) in [5.74, 6) is -3.13. The average Bonchev–Trinajstić information content (AvgIpc) is 3.41. The number of rotatable bonds is 54. The molecule has 0 spiro atoms. The quantitative estimate of drug-likeness (QED) is 0.0228. The monoisotopic (exact) mass is 1090 g/mol. The Morgan fingerprint density at radius 3 is 1.22 bits per heavy atom. The van der Waals surface area contributed by atoms with Crippen LogP contribution in [0.1, 0.15) is 290 Å². The van der Waals surface area contributed by atoms with Gasteiger partial charge < -0.3 is 39.0 Å². The lowest BCUT2D eigenvalue weighted by Gasteiger charge is -2.40. The first-order valence-electron chi connectivity index (χ1n) is 31.6. The van der Waals surface area contributed by atoms with E-state index in [-0.39, 0.29) is 25.9 Å². The maximum atomic E-state index is 13.2. The van der Waals surface area contributed by atoms with Crippen LogP contribution >= 0.6 is 0 Å². The standard InChI is InChI=1S/C65H114O12/c1-4-7-10-13-16-19-22-25-27-28-29-30-32-34-36-39-42-45-48-51-57(66)73-54-56(75-58(67)52-49-46-43-40-38-35-31-26-23-20-17-14-11-8-5-2)55-74-65-63(61(70)60(69)62(77-65)64(71)72)76-59(68)53-50-47-44-41-37-33-24-21-18-15-12-9-6-3/h17,20-21,24-27,31,56,60-63,65,69-70H,4-16,18-19,22-23,28-30,32-55H2,1-3H3,(H,71,72)/b20-17-,24-21-,27-25-,31-26-. The van der Waals surface area contributed by atoms with Crippen LogP contribution in [0.2, 0.25) is 0 Å². The van der Waals surface area contributed by atoms with Crippen molar-refractivity contribution in [3.05, 3.63) is 48.6 Å². The van der Waals surface area contributed by atoms with Gasteiger partial charge in [-0.15, -0.1) is 0 Å². The van der Waals surface area contributed by atoms with Gasteiger partial charge in [0, 0.05) is 19.3 Å². The number of hydrogen-bond acceptors (Lipinski definition) is 11. The van der Waals surface area contributed by atoms with Crippen LogP contribution in [0.4, 0.5) is 0 Å². The topological polar surface area (TPSA) is 175 Å². The van der Waals surface area contributed by atoms with Gasteiger partial charge in [-0.1, -0.05) is 217 Å². The molecule has 0 bridgehead atoms. The van der Waals surface area contributed by atoms with Gasteiger partial charge in [0.2, 0.25) is 0 Å². The van der Waals surface area contributed by atoms with Crippen LogP contribution < -0.4 is 0 Å². The third-order valence-electron chi connectivity index (χ3n) is 14.3. The van der Waals surface area contributed by atoms with Crippen molar-refractivity contribution in [3.8, 4) is 0 Å². The molecule has 1 rings (SSSR count). The second kappa shape index (κ2) is 53.3. The van der Waals surface area contributed by atoms with Crippen molar-refractivity contribution in [2.45, 2.75) is 327 Å². The number of unbranched alkanes of at least 4 members (excludes halogenated alkanes) is 32. The molecule has 1 aliphatic heterocycles. The Labute approximate surface area is 469 Å². The maximum Gasteiger partial charge on any atom is 0.335 e. The number of aliphatic carboxylic acids is 1. The smallest absolute Gasteiger partial charge is 0.335 e. The first-order chi connectivity index (χ1) is 37.6. The van der Waals surface area contributed by atoms with Gasteiger partial charge in [-0.05, 0) is 103 Å². The molecule has 0 aliphatic carbocycles. The first-order valence-corrected chi connectivity index (χ1v) is 31.6. The fraction of sp³-hybridized carbons (Fsp3) is 0.815. The summed E-state index contributed by atoms with van der Waals surface area (Å²) in [5, 5.41) is 31.5. The van der Waals surface area contributed by atoms with Crippen molar-refractivity contribution >= 4 is 23.9 Å². The molecule has 12 nitrogen and oxygen atoms in total. The summed E-state index contributed by atoms with van der Waals surface area (Å²) in [5.41, 5.74) is 0. The van der Waals surface area contributed by atoms with E-state index >= 15 is 0 Å². The second-order valence-electron chi connectivity index (χ2n) is 21.7. The number of carboxylic acids is 1. The normalized spacial score (nSPS) is 18.3. The largest absolute Gasteiger partial charge is 0.479 e. The van der Waals surface area contributed by atoms with Crippen molar-refractivity contribution in [2.75, 3.05) is 13.2 Å². The number of carbonyl (C=O) groups excluding carboxylic acids is 3. The van der Waals surface area contributed by atoms with Crippen LogP contribution in [-0.4, -0.2) is 89.2 Å². The first kappa shape index (κ1) is 71.7. The van der Waals surface area contributed by atoms with Gasteiger partial charge in [0.1, 0.15) is 18.8 Å². The number of allylic oxidation sites excluding steroid dienone is 8. The van der Waals surface area contributed by atoms with Gasteiger partial charge in [0.05, 0.1) is 6.61 Å². The summed E-state index contributed by atoms with van der Waals surface area (Å²) >= 11 is 0. The summed E-state index contributed by atoms with van der Waals surface area (Å²) in [7, 11) is 0. The number of esters is 3. The van der Waals surface area contributed by atoms with E-state index in [4.69, 9.17) is 23.7 Å². The molecule has 0 aromatic carbocycles. The third-order valence-corrected chi connectivity index (χ3v) is 14.3. The molecular formula is C65H114O12. The highest BCUT2D eigenvalue weighted by atomic mass is 16.7.